The molecule has 2 rings (SSSR count). The highest BCUT2D eigenvalue weighted by Gasteiger charge is 2.58. The summed E-state index contributed by atoms with van der Waals surface area (Å²) in [6, 6.07) is 0. The lowest BCUT2D eigenvalue weighted by atomic mass is 9.95. The Balaban J connectivity index is 2.87. The highest BCUT2D eigenvalue weighted by molar-refractivity contribution is 5.73. The maximum atomic E-state index is 13.0. The van der Waals surface area contributed by atoms with Gasteiger partial charge in [0.05, 0.1) is 0 Å². The zero-order valence-corrected chi connectivity index (χ0v) is 32.6. The standard InChI is InChI=1S/C36H54O19/c1-9-21(37)45-17-19-29(49-23(39)11-3)31(50-24(40)12-4)34(53-27(43)15-7)36(48-19)55-30-20(18-46-22(38)10-2)47-35(54-28(44)16-8)33(52-26(42)14-6)32(30)51-25(41)13-5/h19-20,29-36H,9-18H2,1-8H3/t19-,20-,29+,30-,31+,32+,33-,34-,35?,36+/m1/s1. The fourth-order valence-corrected chi connectivity index (χ4v) is 5.15. The van der Waals surface area contributed by atoms with E-state index >= 15 is 0 Å². The van der Waals surface area contributed by atoms with Crippen LogP contribution in [-0.2, 0) is 90.5 Å². The topological polar surface area (TPSA) is 238 Å². The zero-order valence-electron chi connectivity index (χ0n) is 32.6. The van der Waals surface area contributed by atoms with Crippen LogP contribution in [0.3, 0.4) is 0 Å². The van der Waals surface area contributed by atoms with E-state index in [4.69, 9.17) is 52.1 Å². The van der Waals surface area contributed by atoms with Crippen molar-refractivity contribution in [3.8, 4) is 0 Å². The molecular formula is C36H54O19. The molecule has 19 heteroatoms. The molecule has 0 saturated carbocycles. The van der Waals surface area contributed by atoms with Gasteiger partial charge in [-0.1, -0.05) is 55.4 Å². The molecule has 0 aliphatic carbocycles. The lowest BCUT2D eigenvalue weighted by molar-refractivity contribution is -0.358. The second kappa shape index (κ2) is 23.5. The van der Waals surface area contributed by atoms with E-state index in [-0.39, 0.29) is 51.4 Å². The van der Waals surface area contributed by atoms with E-state index < -0.39 is 122 Å². The highest BCUT2D eigenvalue weighted by Crippen LogP contribution is 2.36. The molecule has 2 heterocycles. The largest absolute Gasteiger partial charge is 0.463 e. The molecule has 0 bridgehead atoms. The summed E-state index contributed by atoms with van der Waals surface area (Å²) in [6.07, 6.45) is -17.3. The summed E-state index contributed by atoms with van der Waals surface area (Å²) in [5.41, 5.74) is 0. The summed E-state index contributed by atoms with van der Waals surface area (Å²) in [7, 11) is 0. The highest BCUT2D eigenvalue weighted by atomic mass is 16.8. The molecule has 19 nitrogen and oxygen atoms in total. The molecule has 2 aliphatic heterocycles. The predicted molar refractivity (Wildman–Crippen MR) is 182 cm³/mol. The van der Waals surface area contributed by atoms with Crippen molar-refractivity contribution < 1.29 is 90.5 Å². The van der Waals surface area contributed by atoms with E-state index in [1.54, 1.807) is 0 Å². The van der Waals surface area contributed by atoms with Gasteiger partial charge in [-0.05, 0) is 0 Å². The Bertz CT molecular complexity index is 1330. The number of hydrogen-bond donors (Lipinski definition) is 0. The zero-order chi connectivity index (χ0) is 41.2. The van der Waals surface area contributed by atoms with E-state index in [0.717, 1.165) is 0 Å². The van der Waals surface area contributed by atoms with Crippen LogP contribution in [0, 0.1) is 0 Å². The molecule has 0 aromatic rings. The minimum atomic E-state index is -1.83. The van der Waals surface area contributed by atoms with Crippen molar-refractivity contribution in [3.05, 3.63) is 0 Å². The lowest BCUT2D eigenvalue weighted by Crippen LogP contribution is -2.67. The Kier molecular flexibility index (Phi) is 20.0. The van der Waals surface area contributed by atoms with Gasteiger partial charge >= 0.3 is 47.8 Å². The maximum Gasteiger partial charge on any atom is 0.307 e. The van der Waals surface area contributed by atoms with Crippen LogP contribution in [-0.4, -0.2) is 122 Å². The fraction of sp³-hybridized carbons (Fsp3) is 0.778. The first kappa shape index (κ1) is 46.8. The second-order valence-corrected chi connectivity index (χ2v) is 12.1. The van der Waals surface area contributed by atoms with E-state index in [0.29, 0.717) is 0 Å². The fourth-order valence-electron chi connectivity index (χ4n) is 5.15. The van der Waals surface area contributed by atoms with Crippen molar-refractivity contribution in [3.63, 3.8) is 0 Å². The van der Waals surface area contributed by atoms with Gasteiger partial charge in [0.2, 0.25) is 12.4 Å². The van der Waals surface area contributed by atoms with Gasteiger partial charge in [0, 0.05) is 51.4 Å². The Morgan fingerprint density at radius 2 is 0.636 bits per heavy atom. The summed E-state index contributed by atoms with van der Waals surface area (Å²) in [6.45, 7) is 10.8. The summed E-state index contributed by atoms with van der Waals surface area (Å²) in [5, 5.41) is 0. The first-order chi connectivity index (χ1) is 26.2. The Hall–Kier alpha value is -4.36. The third kappa shape index (κ3) is 14.0. The number of esters is 8. The summed E-state index contributed by atoms with van der Waals surface area (Å²) >= 11 is 0. The molecule has 2 aliphatic rings. The van der Waals surface area contributed by atoms with Crippen LogP contribution in [0.1, 0.15) is 107 Å². The van der Waals surface area contributed by atoms with Gasteiger partial charge < -0.3 is 52.1 Å². The van der Waals surface area contributed by atoms with Crippen molar-refractivity contribution in [1.29, 1.82) is 0 Å². The molecule has 2 saturated heterocycles. The van der Waals surface area contributed by atoms with Crippen LogP contribution >= 0.6 is 0 Å². The van der Waals surface area contributed by atoms with E-state index in [1.807, 2.05) is 0 Å². The van der Waals surface area contributed by atoms with Crippen LogP contribution in [0.4, 0.5) is 0 Å². The van der Waals surface area contributed by atoms with Crippen LogP contribution in [0.2, 0.25) is 0 Å². The van der Waals surface area contributed by atoms with Gasteiger partial charge in [-0.2, -0.15) is 0 Å². The SMILES string of the molecule is CCC(=O)OC[C@H]1O[C@@H](O[C@H]2[C@H](OC(=O)CC)[C@@H](OC(=O)CC)C(OC(=O)CC)O[C@@H]2COC(=O)CC)[C@H](OC(=O)CC)[C@@H](OC(=O)CC)[C@H]1OC(=O)CC. The lowest BCUT2D eigenvalue weighted by Gasteiger charge is -2.48. The Morgan fingerprint density at radius 1 is 0.345 bits per heavy atom. The van der Waals surface area contributed by atoms with Gasteiger partial charge in [-0.15, -0.1) is 0 Å². The number of rotatable bonds is 20. The van der Waals surface area contributed by atoms with Gasteiger partial charge in [0.1, 0.15) is 31.5 Å². The van der Waals surface area contributed by atoms with Gasteiger partial charge in [0.15, 0.2) is 30.7 Å². The summed E-state index contributed by atoms with van der Waals surface area (Å²) in [4.78, 5) is 101. The van der Waals surface area contributed by atoms with Gasteiger partial charge in [-0.25, -0.2) is 0 Å². The molecule has 55 heavy (non-hydrogen) atoms. The Labute approximate surface area is 319 Å². The molecule has 10 atom stereocenters. The number of hydrogen-bond acceptors (Lipinski definition) is 19. The van der Waals surface area contributed by atoms with Crippen LogP contribution < -0.4 is 0 Å². The normalized spacial score (nSPS) is 27.4. The third-order valence-corrected chi connectivity index (χ3v) is 8.19. The van der Waals surface area contributed by atoms with Crippen LogP contribution in [0.25, 0.3) is 0 Å². The first-order valence-electron chi connectivity index (χ1n) is 18.6. The van der Waals surface area contributed by atoms with Crippen molar-refractivity contribution >= 4 is 47.8 Å². The van der Waals surface area contributed by atoms with Crippen molar-refractivity contribution in [2.45, 2.75) is 168 Å². The van der Waals surface area contributed by atoms with E-state index in [2.05, 4.69) is 0 Å². The minimum absolute atomic E-state index is 0.0409. The first-order valence-corrected chi connectivity index (χ1v) is 18.6. The monoisotopic (exact) mass is 790 g/mol. The molecule has 0 spiro atoms. The molecule has 312 valence electrons. The van der Waals surface area contributed by atoms with Gasteiger partial charge in [-0.3, -0.25) is 38.4 Å². The van der Waals surface area contributed by atoms with E-state index in [1.165, 1.54) is 55.4 Å². The molecule has 1 unspecified atom stereocenters. The number of ether oxygens (including phenoxy) is 11. The third-order valence-electron chi connectivity index (χ3n) is 8.19. The Morgan fingerprint density at radius 3 is 1.04 bits per heavy atom. The molecular weight excluding hydrogens is 736 g/mol. The molecule has 0 aromatic heterocycles. The van der Waals surface area contributed by atoms with Crippen LogP contribution in [0.15, 0.2) is 0 Å². The minimum Gasteiger partial charge on any atom is -0.463 e. The maximum absolute atomic E-state index is 13.0. The molecule has 0 N–H and O–H groups in total. The van der Waals surface area contributed by atoms with Crippen LogP contribution in [0.5, 0.6) is 0 Å². The molecule has 0 amide bonds. The molecule has 2 fully saturated rings. The summed E-state index contributed by atoms with van der Waals surface area (Å²) < 4.78 is 63.4. The van der Waals surface area contributed by atoms with E-state index in [9.17, 15) is 38.4 Å². The second-order valence-electron chi connectivity index (χ2n) is 12.1. The van der Waals surface area contributed by atoms with Crippen molar-refractivity contribution in [1.82, 2.24) is 0 Å². The smallest absolute Gasteiger partial charge is 0.307 e. The number of carbonyl (C=O) groups is 8. The van der Waals surface area contributed by atoms with Gasteiger partial charge in [0.25, 0.3) is 0 Å². The van der Waals surface area contributed by atoms with Crippen molar-refractivity contribution in [2.24, 2.45) is 0 Å². The van der Waals surface area contributed by atoms with Crippen molar-refractivity contribution in [2.75, 3.05) is 13.2 Å². The predicted octanol–water partition coefficient (Wildman–Crippen LogP) is 2.29. The quantitative estimate of drug-likeness (QED) is 0.127. The summed E-state index contributed by atoms with van der Waals surface area (Å²) in [5.74, 6) is -6.18. The average Bonchev–Trinajstić information content (AvgIpc) is 3.19. The average molecular weight is 791 g/mol. The number of carbonyl (C=O) groups excluding carboxylic acids is 8. The molecule has 0 radical (unpaired) electrons. The molecule has 0 aromatic carbocycles.